The largest absolute Gasteiger partial charge is 0.311 e. The summed E-state index contributed by atoms with van der Waals surface area (Å²) >= 11 is 11.7. The standard InChI is InChI=1S/C11H11Cl2F2N/c12-7-1-2-8(10(13)5-7)9-3-4-16-6-11(9,14)15/h1-2,5,9,16H,3-4,6H2. The molecular weight excluding hydrogens is 255 g/mol. The van der Waals surface area contributed by atoms with Crippen molar-refractivity contribution >= 4 is 23.2 Å². The first-order valence-electron chi connectivity index (χ1n) is 5.04. The van der Waals surface area contributed by atoms with Gasteiger partial charge in [-0.1, -0.05) is 29.3 Å². The van der Waals surface area contributed by atoms with Gasteiger partial charge in [0.1, 0.15) is 0 Å². The van der Waals surface area contributed by atoms with Gasteiger partial charge in [0.2, 0.25) is 0 Å². The predicted octanol–water partition coefficient (Wildman–Crippen LogP) is 3.71. The van der Waals surface area contributed by atoms with Crippen LogP contribution in [-0.4, -0.2) is 19.0 Å². The fourth-order valence-corrected chi connectivity index (χ4v) is 2.54. The predicted molar refractivity (Wildman–Crippen MR) is 61.6 cm³/mol. The maximum absolute atomic E-state index is 13.7. The normalized spacial score (nSPS) is 24.4. The lowest BCUT2D eigenvalue weighted by molar-refractivity contribution is -0.0419. The first kappa shape index (κ1) is 12.1. The summed E-state index contributed by atoms with van der Waals surface area (Å²) in [6.45, 7) is 0.288. The van der Waals surface area contributed by atoms with Gasteiger partial charge in [0.25, 0.3) is 5.92 Å². The molecule has 1 unspecified atom stereocenters. The van der Waals surface area contributed by atoms with Gasteiger partial charge in [-0.25, -0.2) is 8.78 Å². The summed E-state index contributed by atoms with van der Waals surface area (Å²) in [4.78, 5) is 0. The van der Waals surface area contributed by atoms with Gasteiger partial charge in [0.05, 0.1) is 12.5 Å². The van der Waals surface area contributed by atoms with Crippen LogP contribution < -0.4 is 5.32 Å². The van der Waals surface area contributed by atoms with Gasteiger partial charge < -0.3 is 5.32 Å². The zero-order chi connectivity index (χ0) is 11.8. The first-order valence-corrected chi connectivity index (χ1v) is 5.80. The van der Waals surface area contributed by atoms with Crippen molar-refractivity contribution in [2.45, 2.75) is 18.3 Å². The van der Waals surface area contributed by atoms with Gasteiger partial charge in [0, 0.05) is 10.0 Å². The lowest BCUT2D eigenvalue weighted by atomic mass is 9.87. The van der Waals surface area contributed by atoms with E-state index >= 15 is 0 Å². The minimum atomic E-state index is -2.75. The second kappa shape index (κ2) is 4.47. The molecular formula is C11H11Cl2F2N. The Morgan fingerprint density at radius 3 is 2.69 bits per heavy atom. The Bertz CT molecular complexity index is 396. The second-order valence-electron chi connectivity index (χ2n) is 3.94. The highest BCUT2D eigenvalue weighted by Gasteiger charge is 2.43. The van der Waals surface area contributed by atoms with Crippen molar-refractivity contribution in [1.29, 1.82) is 0 Å². The average Bonchev–Trinajstić information content (AvgIpc) is 2.19. The van der Waals surface area contributed by atoms with E-state index in [0.717, 1.165) is 0 Å². The summed E-state index contributed by atoms with van der Waals surface area (Å²) in [5.74, 6) is -3.58. The highest BCUT2D eigenvalue weighted by molar-refractivity contribution is 6.35. The second-order valence-corrected chi connectivity index (χ2v) is 4.79. The number of alkyl halides is 2. The molecule has 1 aliphatic heterocycles. The van der Waals surface area contributed by atoms with Gasteiger partial charge in [-0.05, 0) is 30.7 Å². The zero-order valence-electron chi connectivity index (χ0n) is 8.44. The van der Waals surface area contributed by atoms with Crippen molar-refractivity contribution < 1.29 is 8.78 Å². The molecule has 0 aliphatic carbocycles. The third kappa shape index (κ3) is 2.31. The molecule has 16 heavy (non-hydrogen) atoms. The Kier molecular flexibility index (Phi) is 3.38. The van der Waals surface area contributed by atoms with Gasteiger partial charge in [-0.2, -0.15) is 0 Å². The highest BCUT2D eigenvalue weighted by atomic mass is 35.5. The number of halogens is 4. The van der Waals surface area contributed by atoms with Crippen LogP contribution in [0.1, 0.15) is 17.9 Å². The van der Waals surface area contributed by atoms with E-state index in [9.17, 15) is 8.78 Å². The lowest BCUT2D eigenvalue weighted by Gasteiger charge is -2.32. The zero-order valence-corrected chi connectivity index (χ0v) is 9.95. The Labute approximate surface area is 103 Å². The molecule has 1 fully saturated rings. The minimum absolute atomic E-state index is 0.295. The molecule has 0 aromatic heterocycles. The number of hydrogen-bond acceptors (Lipinski definition) is 1. The van der Waals surface area contributed by atoms with Crippen LogP contribution in [-0.2, 0) is 0 Å². The van der Waals surface area contributed by atoms with Gasteiger partial charge in [-0.3, -0.25) is 0 Å². The molecule has 0 bridgehead atoms. The average molecular weight is 266 g/mol. The summed E-state index contributed by atoms with van der Waals surface area (Å²) in [5, 5.41) is 3.47. The van der Waals surface area contributed by atoms with Crippen molar-refractivity contribution in [2.24, 2.45) is 0 Å². The van der Waals surface area contributed by atoms with Crippen LogP contribution in [0.3, 0.4) is 0 Å². The summed E-state index contributed by atoms with van der Waals surface area (Å²) in [6.07, 6.45) is 0.383. The van der Waals surface area contributed by atoms with E-state index in [2.05, 4.69) is 5.32 Å². The highest BCUT2D eigenvalue weighted by Crippen LogP contribution is 2.41. The molecule has 1 heterocycles. The monoisotopic (exact) mass is 265 g/mol. The number of piperidine rings is 1. The van der Waals surface area contributed by atoms with Crippen LogP contribution in [0.25, 0.3) is 0 Å². The van der Waals surface area contributed by atoms with Crippen LogP contribution in [0.15, 0.2) is 18.2 Å². The quantitative estimate of drug-likeness (QED) is 0.817. The number of nitrogens with one attached hydrogen (secondary N) is 1. The van der Waals surface area contributed by atoms with E-state index < -0.39 is 11.8 Å². The molecule has 1 aromatic carbocycles. The van der Waals surface area contributed by atoms with Crippen LogP contribution >= 0.6 is 23.2 Å². The fraction of sp³-hybridized carbons (Fsp3) is 0.455. The van der Waals surface area contributed by atoms with Crippen molar-refractivity contribution in [3.63, 3.8) is 0 Å². The molecule has 1 N–H and O–H groups in total. The van der Waals surface area contributed by atoms with E-state index in [1.807, 2.05) is 0 Å². The van der Waals surface area contributed by atoms with E-state index in [-0.39, 0.29) is 6.54 Å². The minimum Gasteiger partial charge on any atom is -0.311 e. The summed E-state index contributed by atoms with van der Waals surface area (Å²) in [5.41, 5.74) is 0.484. The molecule has 88 valence electrons. The van der Waals surface area contributed by atoms with Crippen LogP contribution in [0.4, 0.5) is 8.78 Å². The topological polar surface area (TPSA) is 12.0 Å². The molecule has 1 nitrogen and oxygen atoms in total. The maximum atomic E-state index is 13.7. The van der Waals surface area contributed by atoms with Crippen molar-refractivity contribution in [3.8, 4) is 0 Å². The Morgan fingerprint density at radius 2 is 2.06 bits per heavy atom. The van der Waals surface area contributed by atoms with Gasteiger partial charge in [0.15, 0.2) is 0 Å². The van der Waals surface area contributed by atoms with Crippen molar-refractivity contribution in [1.82, 2.24) is 5.32 Å². The Balaban J connectivity index is 2.35. The Hall–Kier alpha value is -0.380. The molecule has 0 saturated carbocycles. The van der Waals surface area contributed by atoms with E-state index in [4.69, 9.17) is 23.2 Å². The van der Waals surface area contributed by atoms with Crippen LogP contribution in [0.5, 0.6) is 0 Å². The first-order chi connectivity index (χ1) is 7.50. The summed E-state index contributed by atoms with van der Waals surface area (Å²) in [6, 6.07) is 4.70. The van der Waals surface area contributed by atoms with Gasteiger partial charge in [-0.15, -0.1) is 0 Å². The molecule has 1 aliphatic rings. The molecule has 0 radical (unpaired) electrons. The third-order valence-electron chi connectivity index (χ3n) is 2.82. The van der Waals surface area contributed by atoms with E-state index in [1.54, 1.807) is 12.1 Å². The molecule has 1 saturated heterocycles. The smallest absolute Gasteiger partial charge is 0.267 e. The van der Waals surface area contributed by atoms with E-state index in [0.29, 0.717) is 28.6 Å². The van der Waals surface area contributed by atoms with Crippen molar-refractivity contribution in [3.05, 3.63) is 33.8 Å². The lowest BCUT2D eigenvalue weighted by Crippen LogP contribution is -2.44. The Morgan fingerprint density at radius 1 is 1.31 bits per heavy atom. The molecule has 1 aromatic rings. The number of rotatable bonds is 1. The van der Waals surface area contributed by atoms with Gasteiger partial charge >= 0.3 is 0 Å². The molecule has 5 heteroatoms. The number of hydrogen-bond donors (Lipinski definition) is 1. The maximum Gasteiger partial charge on any atom is 0.267 e. The molecule has 1 atom stereocenters. The summed E-state index contributed by atoms with van der Waals surface area (Å²) < 4.78 is 27.4. The van der Waals surface area contributed by atoms with Crippen molar-refractivity contribution in [2.75, 3.05) is 13.1 Å². The number of benzene rings is 1. The third-order valence-corrected chi connectivity index (χ3v) is 3.38. The molecule has 0 amide bonds. The fourth-order valence-electron chi connectivity index (χ4n) is 2.00. The van der Waals surface area contributed by atoms with Crippen LogP contribution in [0.2, 0.25) is 10.0 Å². The van der Waals surface area contributed by atoms with E-state index in [1.165, 1.54) is 6.07 Å². The molecule has 2 rings (SSSR count). The van der Waals surface area contributed by atoms with Crippen LogP contribution in [0, 0.1) is 0 Å². The molecule has 0 spiro atoms. The SMILES string of the molecule is FC1(F)CNCCC1c1ccc(Cl)cc1Cl. The summed E-state index contributed by atoms with van der Waals surface area (Å²) in [7, 11) is 0.